The predicted molar refractivity (Wildman–Crippen MR) is 198 cm³/mol. The van der Waals surface area contributed by atoms with Crippen molar-refractivity contribution in [2.45, 2.75) is 26.2 Å². The molecule has 0 saturated carbocycles. The topological polar surface area (TPSA) is 0 Å². The van der Waals surface area contributed by atoms with E-state index in [-0.39, 0.29) is 5.41 Å². The summed E-state index contributed by atoms with van der Waals surface area (Å²) in [5.74, 6) is 0. The van der Waals surface area contributed by atoms with E-state index in [0.717, 1.165) is 0 Å². The highest BCUT2D eigenvalue weighted by atomic mass is 14.4. The van der Waals surface area contributed by atoms with Crippen molar-refractivity contribution in [3.05, 3.63) is 168 Å². The van der Waals surface area contributed by atoms with Crippen LogP contribution in [-0.2, 0) is 5.41 Å². The summed E-state index contributed by atoms with van der Waals surface area (Å²) in [4.78, 5) is 0. The maximum atomic E-state index is 2.46. The number of benzene rings is 8. The Balaban J connectivity index is 1.40. The van der Waals surface area contributed by atoms with Crippen LogP contribution in [0.15, 0.2) is 152 Å². The van der Waals surface area contributed by atoms with Crippen molar-refractivity contribution in [2.24, 2.45) is 0 Å². The van der Waals surface area contributed by atoms with Crippen molar-refractivity contribution in [1.82, 2.24) is 0 Å². The molecule has 0 nitrogen and oxygen atoms in total. The Morgan fingerprint density at radius 2 is 0.935 bits per heavy atom. The Morgan fingerprint density at radius 1 is 0.370 bits per heavy atom. The quantitative estimate of drug-likeness (QED) is 0.181. The van der Waals surface area contributed by atoms with Gasteiger partial charge in [-0.3, -0.25) is 0 Å². The minimum Gasteiger partial charge on any atom is -0.0619 e. The Kier molecular flexibility index (Phi) is 5.86. The van der Waals surface area contributed by atoms with Crippen LogP contribution in [-0.4, -0.2) is 0 Å². The summed E-state index contributed by atoms with van der Waals surface area (Å²) in [5.41, 5.74) is 14.4. The van der Waals surface area contributed by atoms with E-state index >= 15 is 0 Å². The van der Waals surface area contributed by atoms with Crippen molar-refractivity contribution in [3.8, 4) is 44.5 Å². The van der Waals surface area contributed by atoms with Gasteiger partial charge in [-0.05, 0) is 107 Å². The zero-order valence-electron chi connectivity index (χ0n) is 26.4. The van der Waals surface area contributed by atoms with E-state index in [4.69, 9.17) is 0 Å². The maximum Gasteiger partial charge on any atom is 0.0158 e. The highest BCUT2D eigenvalue weighted by Crippen LogP contribution is 2.51. The molecule has 1 aliphatic rings. The molecule has 0 heterocycles. The standard InChI is InChI=1S/C46H34/c1-29-19-21-31(22-20-29)44-37-15-6-7-16-38(37)45(33-24-26-43-40(28-33)36-14-8-9-18-42(36)46(43,2)3)41-27-32(23-25-39(41)44)35-17-10-12-30-11-4-5-13-34(30)35/h4-28H,1-3H3. The molecule has 218 valence electrons. The molecule has 0 unspecified atom stereocenters. The zero-order valence-corrected chi connectivity index (χ0v) is 26.4. The lowest BCUT2D eigenvalue weighted by molar-refractivity contribution is 0.660. The summed E-state index contributed by atoms with van der Waals surface area (Å²) in [6.45, 7) is 6.87. The van der Waals surface area contributed by atoms with Crippen LogP contribution in [0, 0.1) is 6.92 Å². The van der Waals surface area contributed by atoms with Crippen LogP contribution in [0.5, 0.6) is 0 Å². The van der Waals surface area contributed by atoms with Crippen molar-refractivity contribution >= 4 is 32.3 Å². The Hall–Kier alpha value is -5.46. The van der Waals surface area contributed by atoms with E-state index in [1.54, 1.807) is 0 Å². The molecule has 0 amide bonds. The molecule has 0 aromatic heterocycles. The summed E-state index contributed by atoms with van der Waals surface area (Å²) >= 11 is 0. The van der Waals surface area contributed by atoms with Gasteiger partial charge in [0.15, 0.2) is 0 Å². The van der Waals surface area contributed by atoms with Crippen LogP contribution < -0.4 is 0 Å². The first-order chi connectivity index (χ1) is 22.5. The molecule has 9 rings (SSSR count). The largest absolute Gasteiger partial charge is 0.0619 e. The fourth-order valence-corrected chi connectivity index (χ4v) is 8.04. The number of hydrogen-bond donors (Lipinski definition) is 0. The van der Waals surface area contributed by atoms with Gasteiger partial charge in [-0.15, -0.1) is 0 Å². The van der Waals surface area contributed by atoms with Crippen LogP contribution in [0.25, 0.3) is 76.8 Å². The molecule has 0 N–H and O–H groups in total. The van der Waals surface area contributed by atoms with Crippen molar-refractivity contribution in [1.29, 1.82) is 0 Å². The molecule has 0 radical (unpaired) electrons. The van der Waals surface area contributed by atoms with E-state index in [1.165, 1.54) is 93.5 Å². The van der Waals surface area contributed by atoms with E-state index in [9.17, 15) is 0 Å². The van der Waals surface area contributed by atoms with Crippen LogP contribution >= 0.6 is 0 Å². The lowest BCUT2D eigenvalue weighted by Gasteiger charge is -2.22. The highest BCUT2D eigenvalue weighted by molar-refractivity contribution is 6.22. The Bertz CT molecular complexity index is 2490. The molecule has 0 fully saturated rings. The summed E-state index contributed by atoms with van der Waals surface area (Å²) < 4.78 is 0. The third-order valence-corrected chi connectivity index (χ3v) is 10.3. The van der Waals surface area contributed by atoms with Gasteiger partial charge < -0.3 is 0 Å². The van der Waals surface area contributed by atoms with Crippen LogP contribution in [0.4, 0.5) is 0 Å². The van der Waals surface area contributed by atoms with Gasteiger partial charge in [0.1, 0.15) is 0 Å². The van der Waals surface area contributed by atoms with E-state index in [1.807, 2.05) is 0 Å². The SMILES string of the molecule is Cc1ccc(-c2c3ccccc3c(-c3ccc4c(c3)-c3ccccc3C4(C)C)c3cc(-c4cccc5ccccc45)ccc23)cc1. The van der Waals surface area contributed by atoms with Crippen molar-refractivity contribution in [2.75, 3.05) is 0 Å². The molecular weight excluding hydrogens is 553 g/mol. The molecule has 1 aliphatic carbocycles. The van der Waals surface area contributed by atoms with Gasteiger partial charge in [-0.1, -0.05) is 159 Å². The van der Waals surface area contributed by atoms with Crippen LogP contribution in [0.3, 0.4) is 0 Å². The molecule has 0 heteroatoms. The molecule has 0 atom stereocenters. The number of fused-ring (bicyclic) bond motifs is 6. The minimum atomic E-state index is -0.0224. The van der Waals surface area contributed by atoms with Gasteiger partial charge in [0, 0.05) is 5.41 Å². The third-order valence-electron chi connectivity index (χ3n) is 10.3. The molecular formula is C46H34. The van der Waals surface area contributed by atoms with Crippen LogP contribution in [0.2, 0.25) is 0 Å². The number of aryl methyl sites for hydroxylation is 1. The normalized spacial score (nSPS) is 13.3. The first kappa shape index (κ1) is 26.9. The second-order valence-corrected chi connectivity index (χ2v) is 13.4. The Labute approximate surface area is 270 Å². The summed E-state index contributed by atoms with van der Waals surface area (Å²) in [5, 5.41) is 7.67. The monoisotopic (exact) mass is 586 g/mol. The first-order valence-corrected chi connectivity index (χ1v) is 16.3. The van der Waals surface area contributed by atoms with Crippen molar-refractivity contribution < 1.29 is 0 Å². The van der Waals surface area contributed by atoms with Crippen molar-refractivity contribution in [3.63, 3.8) is 0 Å². The molecule has 8 aromatic rings. The van der Waals surface area contributed by atoms with Gasteiger partial charge in [0.2, 0.25) is 0 Å². The van der Waals surface area contributed by atoms with E-state index in [2.05, 4.69) is 172 Å². The predicted octanol–water partition coefficient (Wildman–Crippen LogP) is 12.8. The van der Waals surface area contributed by atoms with Gasteiger partial charge >= 0.3 is 0 Å². The summed E-state index contributed by atoms with van der Waals surface area (Å²) in [7, 11) is 0. The zero-order chi connectivity index (χ0) is 31.0. The maximum absolute atomic E-state index is 2.46. The smallest absolute Gasteiger partial charge is 0.0158 e. The average Bonchev–Trinajstić information content (AvgIpc) is 3.33. The van der Waals surface area contributed by atoms with Gasteiger partial charge in [0.25, 0.3) is 0 Å². The van der Waals surface area contributed by atoms with Gasteiger partial charge in [-0.25, -0.2) is 0 Å². The fraction of sp³-hybridized carbons (Fsp3) is 0.0870. The lowest BCUT2D eigenvalue weighted by Crippen LogP contribution is -2.14. The second-order valence-electron chi connectivity index (χ2n) is 13.4. The Morgan fingerprint density at radius 3 is 1.74 bits per heavy atom. The first-order valence-electron chi connectivity index (χ1n) is 16.3. The molecule has 0 spiro atoms. The van der Waals surface area contributed by atoms with E-state index in [0.29, 0.717) is 0 Å². The molecule has 0 aliphatic heterocycles. The highest BCUT2D eigenvalue weighted by Gasteiger charge is 2.35. The fourth-order valence-electron chi connectivity index (χ4n) is 8.04. The molecule has 0 bridgehead atoms. The minimum absolute atomic E-state index is 0.0224. The van der Waals surface area contributed by atoms with Crippen LogP contribution in [0.1, 0.15) is 30.5 Å². The van der Waals surface area contributed by atoms with Gasteiger partial charge in [-0.2, -0.15) is 0 Å². The molecule has 0 saturated heterocycles. The lowest BCUT2D eigenvalue weighted by atomic mass is 9.81. The second kappa shape index (κ2) is 10.0. The molecule has 46 heavy (non-hydrogen) atoms. The van der Waals surface area contributed by atoms with Gasteiger partial charge in [0.05, 0.1) is 0 Å². The van der Waals surface area contributed by atoms with E-state index < -0.39 is 0 Å². The number of rotatable bonds is 3. The summed E-state index contributed by atoms with van der Waals surface area (Å²) in [6, 6.07) is 56.7. The molecule has 8 aromatic carbocycles. The summed E-state index contributed by atoms with van der Waals surface area (Å²) in [6.07, 6.45) is 0. The number of hydrogen-bond acceptors (Lipinski definition) is 0. The average molecular weight is 587 g/mol. The third kappa shape index (κ3) is 3.93.